The lowest BCUT2D eigenvalue weighted by atomic mass is 10.0. The van der Waals surface area contributed by atoms with Gasteiger partial charge in [0.05, 0.1) is 25.5 Å². The summed E-state index contributed by atoms with van der Waals surface area (Å²) in [5.74, 6) is -2.18. The Morgan fingerprint density at radius 3 is 2.43 bits per heavy atom. The predicted molar refractivity (Wildman–Crippen MR) is 83.6 cm³/mol. The van der Waals surface area contributed by atoms with Crippen molar-refractivity contribution in [1.82, 2.24) is 5.32 Å². The summed E-state index contributed by atoms with van der Waals surface area (Å²) in [6.45, 7) is 1.95. The van der Waals surface area contributed by atoms with E-state index in [1.807, 2.05) is 30.3 Å². The molecule has 2 atom stereocenters. The van der Waals surface area contributed by atoms with E-state index in [4.69, 9.17) is 15.6 Å². The van der Waals surface area contributed by atoms with E-state index in [1.165, 1.54) is 0 Å². The van der Waals surface area contributed by atoms with Gasteiger partial charge in [0.2, 0.25) is 5.91 Å². The zero-order chi connectivity index (χ0) is 17.2. The van der Waals surface area contributed by atoms with Crippen molar-refractivity contribution < 1.29 is 24.2 Å². The molecule has 7 nitrogen and oxygen atoms in total. The maximum atomic E-state index is 12.0. The van der Waals surface area contributed by atoms with E-state index in [-0.39, 0.29) is 13.0 Å². The van der Waals surface area contributed by atoms with Gasteiger partial charge in [0.25, 0.3) is 0 Å². The van der Waals surface area contributed by atoms with Crippen molar-refractivity contribution in [1.29, 1.82) is 0 Å². The fourth-order valence-corrected chi connectivity index (χ4v) is 2.08. The van der Waals surface area contributed by atoms with Crippen molar-refractivity contribution in [2.45, 2.75) is 38.3 Å². The molecule has 1 amide bonds. The van der Waals surface area contributed by atoms with E-state index in [0.29, 0.717) is 6.42 Å². The number of amides is 1. The number of rotatable bonds is 9. The van der Waals surface area contributed by atoms with Crippen molar-refractivity contribution >= 4 is 17.8 Å². The highest BCUT2D eigenvalue weighted by molar-refractivity contribution is 5.86. The van der Waals surface area contributed by atoms with Crippen LogP contribution in [0.5, 0.6) is 0 Å². The number of nitrogens with two attached hydrogens (primary N) is 1. The number of carboxylic acid groups (broad SMARTS) is 1. The first-order valence-electron chi connectivity index (χ1n) is 7.39. The second-order valence-electron chi connectivity index (χ2n) is 5.11. The average Bonchev–Trinajstić information content (AvgIpc) is 2.47. The van der Waals surface area contributed by atoms with Crippen LogP contribution in [0.3, 0.4) is 0 Å². The van der Waals surface area contributed by atoms with Gasteiger partial charge in [0.15, 0.2) is 0 Å². The highest BCUT2D eigenvalue weighted by Crippen LogP contribution is 2.07. The number of nitrogens with one attached hydrogen (secondary N) is 1. The van der Waals surface area contributed by atoms with Crippen LogP contribution in [0.15, 0.2) is 30.3 Å². The highest BCUT2D eigenvalue weighted by Gasteiger charge is 2.22. The second kappa shape index (κ2) is 9.58. The number of esters is 1. The molecule has 0 unspecified atom stereocenters. The topological polar surface area (TPSA) is 119 Å². The van der Waals surface area contributed by atoms with Crippen molar-refractivity contribution in [3.8, 4) is 0 Å². The number of carbonyl (C=O) groups excluding carboxylic acids is 2. The summed E-state index contributed by atoms with van der Waals surface area (Å²) in [5, 5.41) is 11.3. The summed E-state index contributed by atoms with van der Waals surface area (Å²) >= 11 is 0. The van der Waals surface area contributed by atoms with Crippen LogP contribution in [0.2, 0.25) is 0 Å². The maximum absolute atomic E-state index is 12.0. The third kappa shape index (κ3) is 7.42. The molecule has 0 spiro atoms. The SMILES string of the molecule is CCOC(=O)C[C@H](Cc1ccccc1)NC(=O)[C@H](N)CC(=O)O. The molecule has 7 heteroatoms. The molecule has 0 aliphatic heterocycles. The molecule has 1 aromatic carbocycles. The molecule has 126 valence electrons. The quantitative estimate of drug-likeness (QED) is 0.569. The molecule has 1 aromatic rings. The van der Waals surface area contributed by atoms with E-state index < -0.39 is 36.4 Å². The molecule has 0 saturated carbocycles. The Morgan fingerprint density at radius 2 is 1.87 bits per heavy atom. The van der Waals surface area contributed by atoms with E-state index in [2.05, 4.69) is 5.32 Å². The highest BCUT2D eigenvalue weighted by atomic mass is 16.5. The lowest BCUT2D eigenvalue weighted by molar-refractivity contribution is -0.144. The van der Waals surface area contributed by atoms with E-state index in [0.717, 1.165) is 5.56 Å². The molecule has 0 aromatic heterocycles. The van der Waals surface area contributed by atoms with E-state index in [1.54, 1.807) is 6.92 Å². The first-order chi connectivity index (χ1) is 10.9. The molecule has 0 aliphatic rings. The average molecular weight is 322 g/mol. The number of benzene rings is 1. The first kappa shape index (κ1) is 18.6. The van der Waals surface area contributed by atoms with Crippen LogP contribution in [-0.4, -0.2) is 41.6 Å². The summed E-state index contributed by atoms with van der Waals surface area (Å²) in [5.41, 5.74) is 6.48. The monoisotopic (exact) mass is 322 g/mol. The molecule has 1 rings (SSSR count). The number of ether oxygens (including phenoxy) is 1. The summed E-state index contributed by atoms with van der Waals surface area (Å²) in [7, 11) is 0. The second-order valence-corrected chi connectivity index (χ2v) is 5.11. The fraction of sp³-hybridized carbons (Fsp3) is 0.438. The smallest absolute Gasteiger partial charge is 0.307 e. The maximum Gasteiger partial charge on any atom is 0.307 e. The van der Waals surface area contributed by atoms with E-state index >= 15 is 0 Å². The van der Waals surface area contributed by atoms with Gasteiger partial charge in [-0.15, -0.1) is 0 Å². The minimum absolute atomic E-state index is 0.00569. The molecule has 0 radical (unpaired) electrons. The van der Waals surface area contributed by atoms with Gasteiger partial charge in [-0.1, -0.05) is 30.3 Å². The van der Waals surface area contributed by atoms with Crippen LogP contribution >= 0.6 is 0 Å². The molecule has 4 N–H and O–H groups in total. The third-order valence-electron chi connectivity index (χ3n) is 3.12. The largest absolute Gasteiger partial charge is 0.481 e. The summed E-state index contributed by atoms with van der Waals surface area (Å²) in [4.78, 5) is 34.3. The van der Waals surface area contributed by atoms with Crippen LogP contribution in [0.4, 0.5) is 0 Å². The lowest BCUT2D eigenvalue weighted by Gasteiger charge is -2.20. The predicted octanol–water partition coefficient (Wildman–Crippen LogP) is 0.469. The minimum Gasteiger partial charge on any atom is -0.481 e. The number of hydrogen-bond acceptors (Lipinski definition) is 5. The van der Waals surface area contributed by atoms with Crippen LogP contribution < -0.4 is 11.1 Å². The third-order valence-corrected chi connectivity index (χ3v) is 3.12. The van der Waals surface area contributed by atoms with E-state index in [9.17, 15) is 14.4 Å². The van der Waals surface area contributed by atoms with Crippen molar-refractivity contribution in [3.63, 3.8) is 0 Å². The zero-order valence-corrected chi connectivity index (χ0v) is 13.0. The van der Waals surface area contributed by atoms with Crippen LogP contribution in [0.1, 0.15) is 25.3 Å². The normalized spacial score (nSPS) is 13.0. The van der Waals surface area contributed by atoms with Crippen LogP contribution in [0.25, 0.3) is 0 Å². The molecule has 0 heterocycles. The summed E-state index contributed by atoms with van der Waals surface area (Å²) in [6, 6.07) is 7.66. The first-order valence-corrected chi connectivity index (χ1v) is 7.39. The number of aliphatic carboxylic acids is 1. The Kier molecular flexibility index (Phi) is 7.76. The van der Waals surface area contributed by atoms with Gasteiger partial charge in [-0.2, -0.15) is 0 Å². The Bertz CT molecular complexity index is 533. The van der Waals surface area contributed by atoms with Gasteiger partial charge in [-0.25, -0.2) is 0 Å². The number of hydrogen-bond donors (Lipinski definition) is 3. The van der Waals surface area contributed by atoms with Gasteiger partial charge in [0.1, 0.15) is 0 Å². The van der Waals surface area contributed by atoms with Crippen LogP contribution in [-0.2, 0) is 25.5 Å². The van der Waals surface area contributed by atoms with Crippen molar-refractivity contribution in [2.24, 2.45) is 5.73 Å². The fourth-order valence-electron chi connectivity index (χ4n) is 2.08. The van der Waals surface area contributed by atoms with Crippen molar-refractivity contribution in [3.05, 3.63) is 35.9 Å². The standard InChI is InChI=1S/C16H22N2O5/c1-2-23-15(21)9-12(8-11-6-4-3-5-7-11)18-16(22)13(17)10-14(19)20/h3-7,12-13H,2,8-10,17H2,1H3,(H,18,22)(H,19,20)/t12-,13+/m0/s1. The van der Waals surface area contributed by atoms with Gasteiger partial charge in [-0.05, 0) is 18.9 Å². The summed E-state index contributed by atoms with van der Waals surface area (Å²) < 4.78 is 4.90. The molecule has 23 heavy (non-hydrogen) atoms. The molecular formula is C16H22N2O5. The summed E-state index contributed by atoms with van der Waals surface area (Å²) in [6.07, 6.45) is -0.0528. The van der Waals surface area contributed by atoms with Gasteiger partial charge in [0, 0.05) is 6.04 Å². The zero-order valence-electron chi connectivity index (χ0n) is 13.0. The van der Waals surface area contributed by atoms with Gasteiger partial charge in [-0.3, -0.25) is 14.4 Å². The number of carbonyl (C=O) groups is 3. The van der Waals surface area contributed by atoms with Gasteiger partial charge < -0.3 is 20.9 Å². The Labute approximate surface area is 134 Å². The molecule has 0 aliphatic carbocycles. The molecular weight excluding hydrogens is 300 g/mol. The molecule has 0 saturated heterocycles. The molecule has 0 fully saturated rings. The lowest BCUT2D eigenvalue weighted by Crippen LogP contribution is -2.47. The Morgan fingerprint density at radius 1 is 1.22 bits per heavy atom. The number of carboxylic acids is 1. The van der Waals surface area contributed by atoms with Crippen LogP contribution in [0, 0.1) is 0 Å². The Hall–Kier alpha value is -2.41. The Balaban J connectivity index is 2.72. The minimum atomic E-state index is -1.16. The van der Waals surface area contributed by atoms with Crippen molar-refractivity contribution in [2.75, 3.05) is 6.61 Å². The molecule has 0 bridgehead atoms. The van der Waals surface area contributed by atoms with Gasteiger partial charge >= 0.3 is 11.9 Å².